The van der Waals surface area contributed by atoms with Crippen molar-refractivity contribution in [3.05, 3.63) is 126 Å². The van der Waals surface area contributed by atoms with Gasteiger partial charge in [0.05, 0.1) is 0 Å². The molecule has 200 valence electrons. The number of nitrogens with zero attached hydrogens (tertiary/aromatic N) is 2. The molecular weight excluding hydrogens is 577 g/mol. The summed E-state index contributed by atoms with van der Waals surface area (Å²) in [6.45, 7) is 2.20. The Morgan fingerprint density at radius 3 is 1.90 bits per heavy atom. The van der Waals surface area contributed by atoms with E-state index in [9.17, 15) is 0 Å². The van der Waals surface area contributed by atoms with E-state index in [-0.39, 0.29) is 0 Å². The predicted octanol–water partition coefficient (Wildman–Crippen LogP) is 10.1. The average Bonchev–Trinajstić information content (AvgIpc) is 3.58. The number of hydrogen-bond acceptors (Lipinski definition) is 2. The van der Waals surface area contributed by atoms with Crippen LogP contribution >= 0.6 is 11.3 Å². The normalized spacial score (nSPS) is 11.9. The average molecular weight is 609 g/mol. The maximum atomic E-state index is 5.35. The van der Waals surface area contributed by atoms with Crippen LogP contribution in [0.4, 0.5) is 0 Å². The van der Waals surface area contributed by atoms with Crippen molar-refractivity contribution >= 4 is 50.1 Å². The van der Waals surface area contributed by atoms with Gasteiger partial charge in [-0.25, -0.2) is 0 Å². The second kappa shape index (κ2) is 10.2. The molecule has 0 amide bonds. The predicted molar refractivity (Wildman–Crippen MR) is 180 cm³/mol. The van der Waals surface area contributed by atoms with Gasteiger partial charge in [-0.3, -0.25) is 0 Å². The van der Waals surface area contributed by atoms with Crippen LogP contribution in [0.25, 0.3) is 60.4 Å². The molecule has 0 saturated carbocycles. The van der Waals surface area contributed by atoms with Gasteiger partial charge in [-0.1, -0.05) is 0 Å². The summed E-state index contributed by atoms with van der Waals surface area (Å²) >= 11 is -0.223. The van der Waals surface area contributed by atoms with E-state index < -0.39 is 13.3 Å². The van der Waals surface area contributed by atoms with Gasteiger partial charge in [0.1, 0.15) is 0 Å². The van der Waals surface area contributed by atoms with Crippen LogP contribution in [0.3, 0.4) is 0 Å². The molecule has 41 heavy (non-hydrogen) atoms. The third-order valence-corrected chi connectivity index (χ3v) is 13.1. The second-order valence-electron chi connectivity index (χ2n) is 11.8. The summed E-state index contributed by atoms with van der Waals surface area (Å²) in [5.74, 6) is 8.39. The number of fused-ring (bicyclic) bond motifs is 2. The van der Waals surface area contributed by atoms with E-state index in [2.05, 4.69) is 149 Å². The van der Waals surface area contributed by atoms with Gasteiger partial charge in [-0.2, -0.15) is 0 Å². The van der Waals surface area contributed by atoms with E-state index in [4.69, 9.17) is 4.98 Å². The van der Waals surface area contributed by atoms with Gasteiger partial charge >= 0.3 is 249 Å². The SMILES string of the molecule is Cc1cc(-c2ccccc2)c(-n2c(-c3csc4cc[c]([Ge]([CH3])([CH3])[CH3])cc34)nc3ccccc32)c(-c2ccccc2)c1. The van der Waals surface area contributed by atoms with Crippen molar-refractivity contribution < 1.29 is 0 Å². The minimum atomic E-state index is -2.04. The molecule has 0 spiro atoms. The molecule has 0 radical (unpaired) electrons. The van der Waals surface area contributed by atoms with E-state index in [1.54, 1.807) is 0 Å². The van der Waals surface area contributed by atoms with E-state index in [1.807, 2.05) is 11.3 Å². The molecule has 2 heterocycles. The fourth-order valence-electron chi connectivity index (χ4n) is 5.80. The van der Waals surface area contributed by atoms with Crippen LogP contribution in [-0.4, -0.2) is 22.8 Å². The van der Waals surface area contributed by atoms with Crippen LogP contribution in [0.5, 0.6) is 0 Å². The van der Waals surface area contributed by atoms with Gasteiger partial charge in [0, 0.05) is 0 Å². The molecule has 0 unspecified atom stereocenters. The molecule has 5 aromatic carbocycles. The number of aryl methyl sites for hydroxylation is 1. The van der Waals surface area contributed by atoms with Gasteiger partial charge in [0.25, 0.3) is 0 Å². The molecule has 0 N–H and O–H groups in total. The summed E-state index contributed by atoms with van der Waals surface area (Å²) in [5, 5.41) is 3.61. The number of para-hydroxylation sites is 2. The van der Waals surface area contributed by atoms with Crippen LogP contribution < -0.4 is 4.40 Å². The quantitative estimate of drug-likeness (QED) is 0.178. The molecule has 0 aliphatic heterocycles. The molecule has 4 heteroatoms. The second-order valence-corrected chi connectivity index (χ2v) is 23.4. The fraction of sp³-hybridized carbons (Fsp3) is 0.108. The summed E-state index contributed by atoms with van der Waals surface area (Å²) in [5.41, 5.74) is 10.5. The standard InChI is InChI=1S/C37H32GeN2S/c1-25-21-29(26-13-7-5-8-14-26)36(30(22-25)27-15-9-6-10-16-27)40-34-18-12-11-17-33(34)39-37(40)32-24-41-35-20-19-28(23-31(32)35)38(2,3)4/h5-24H,1-4H3. The Labute approximate surface area is 248 Å². The monoisotopic (exact) mass is 610 g/mol. The van der Waals surface area contributed by atoms with E-state index in [0.29, 0.717) is 0 Å². The van der Waals surface area contributed by atoms with Crippen LogP contribution in [0, 0.1) is 6.92 Å². The summed E-state index contributed by atoms with van der Waals surface area (Å²) in [7, 11) is 0. The van der Waals surface area contributed by atoms with Crippen molar-refractivity contribution in [3.8, 4) is 39.3 Å². The minimum absolute atomic E-state index is 0.995. The van der Waals surface area contributed by atoms with Crippen LogP contribution in [0.2, 0.25) is 17.3 Å². The van der Waals surface area contributed by atoms with Crippen molar-refractivity contribution in [1.29, 1.82) is 0 Å². The first-order chi connectivity index (χ1) is 19.9. The molecule has 7 rings (SSSR count). The van der Waals surface area contributed by atoms with E-state index in [1.165, 1.54) is 53.6 Å². The Morgan fingerprint density at radius 1 is 0.659 bits per heavy atom. The van der Waals surface area contributed by atoms with E-state index in [0.717, 1.165) is 16.9 Å². The molecule has 0 aliphatic carbocycles. The van der Waals surface area contributed by atoms with Crippen molar-refractivity contribution in [3.63, 3.8) is 0 Å². The van der Waals surface area contributed by atoms with Gasteiger partial charge < -0.3 is 0 Å². The van der Waals surface area contributed by atoms with Gasteiger partial charge in [-0.05, 0) is 0 Å². The first kappa shape index (κ1) is 26.0. The Hall–Kier alpha value is -3.93. The van der Waals surface area contributed by atoms with Gasteiger partial charge in [-0.15, -0.1) is 0 Å². The number of aromatic nitrogens is 2. The van der Waals surface area contributed by atoms with Crippen molar-refractivity contribution in [2.24, 2.45) is 0 Å². The molecule has 2 aromatic heterocycles. The number of hydrogen-bond donors (Lipinski definition) is 0. The molecule has 0 aliphatic rings. The van der Waals surface area contributed by atoms with Crippen LogP contribution in [0.1, 0.15) is 5.56 Å². The topological polar surface area (TPSA) is 17.8 Å². The van der Waals surface area contributed by atoms with Crippen molar-refractivity contribution in [1.82, 2.24) is 9.55 Å². The Kier molecular flexibility index (Phi) is 6.45. The summed E-state index contributed by atoms with van der Waals surface area (Å²) in [6, 6.07) is 41.9. The Balaban J connectivity index is 1.62. The molecule has 0 bridgehead atoms. The molecular formula is C37H32GeN2S. The van der Waals surface area contributed by atoms with Gasteiger partial charge in [0.2, 0.25) is 0 Å². The third-order valence-electron chi connectivity index (χ3n) is 7.89. The summed E-state index contributed by atoms with van der Waals surface area (Å²) < 4.78 is 5.25. The summed E-state index contributed by atoms with van der Waals surface area (Å²) in [6.07, 6.45) is 0. The first-order valence-corrected chi connectivity index (χ1v) is 22.4. The molecule has 0 saturated heterocycles. The van der Waals surface area contributed by atoms with Crippen LogP contribution in [-0.2, 0) is 0 Å². The number of rotatable bonds is 5. The number of thiophene rings is 1. The number of benzene rings is 5. The molecule has 7 aromatic rings. The first-order valence-electron chi connectivity index (χ1n) is 14.1. The Bertz CT molecular complexity index is 1970. The molecule has 0 fully saturated rings. The zero-order chi connectivity index (χ0) is 28.1. The van der Waals surface area contributed by atoms with E-state index >= 15 is 0 Å². The van der Waals surface area contributed by atoms with Crippen LogP contribution in [0.15, 0.2) is 121 Å². The fourth-order valence-corrected chi connectivity index (χ4v) is 9.15. The van der Waals surface area contributed by atoms with Crippen molar-refractivity contribution in [2.75, 3.05) is 0 Å². The zero-order valence-electron chi connectivity index (χ0n) is 23.8. The zero-order valence-corrected chi connectivity index (χ0v) is 26.8. The maximum absolute atomic E-state index is 5.35. The Morgan fingerprint density at radius 2 is 1.27 bits per heavy atom. The summed E-state index contributed by atoms with van der Waals surface area (Å²) in [4.78, 5) is 5.35. The third kappa shape index (κ3) is 4.63. The molecule has 2 nitrogen and oxygen atoms in total. The van der Waals surface area contributed by atoms with Gasteiger partial charge in [0.15, 0.2) is 0 Å². The molecule has 0 atom stereocenters. The van der Waals surface area contributed by atoms with Crippen molar-refractivity contribution in [2.45, 2.75) is 24.2 Å². The number of imidazole rings is 1.